The summed E-state index contributed by atoms with van der Waals surface area (Å²) in [5.74, 6) is -3.58. The Labute approximate surface area is 221 Å². The smallest absolute Gasteiger partial charge is 0.321 e. The number of carbonyl (C=O) groups is 1. The van der Waals surface area contributed by atoms with Crippen LogP contribution in [0.2, 0.25) is 0 Å². The van der Waals surface area contributed by atoms with Crippen LogP contribution in [0.1, 0.15) is 30.9 Å². The summed E-state index contributed by atoms with van der Waals surface area (Å²) in [6, 6.07) is 11.5. The van der Waals surface area contributed by atoms with Crippen molar-refractivity contribution in [3.05, 3.63) is 72.1 Å². The van der Waals surface area contributed by atoms with Crippen molar-refractivity contribution >= 4 is 28.5 Å². The molecule has 39 heavy (non-hydrogen) atoms. The third-order valence-electron chi connectivity index (χ3n) is 7.43. The van der Waals surface area contributed by atoms with Gasteiger partial charge >= 0.3 is 6.03 Å². The van der Waals surface area contributed by atoms with Crippen molar-refractivity contribution in [3.63, 3.8) is 0 Å². The highest BCUT2D eigenvalue weighted by Gasteiger charge is 2.40. The van der Waals surface area contributed by atoms with Gasteiger partial charge in [0, 0.05) is 60.7 Å². The second-order valence-electron chi connectivity index (χ2n) is 9.96. The lowest BCUT2D eigenvalue weighted by molar-refractivity contribution is 0.0257. The maximum Gasteiger partial charge on any atom is 0.321 e. The van der Waals surface area contributed by atoms with Gasteiger partial charge in [-0.25, -0.2) is 27.3 Å². The van der Waals surface area contributed by atoms with Crippen LogP contribution >= 0.6 is 0 Å². The zero-order valence-electron chi connectivity index (χ0n) is 20.8. The van der Waals surface area contributed by atoms with E-state index in [2.05, 4.69) is 15.5 Å². The molecule has 2 aliphatic heterocycles. The minimum atomic E-state index is -2.88. The number of carbonyl (C=O) groups excluding carboxylic acids is 1. The van der Waals surface area contributed by atoms with Crippen molar-refractivity contribution < 1.29 is 26.9 Å². The van der Waals surface area contributed by atoms with E-state index < -0.39 is 30.1 Å². The van der Waals surface area contributed by atoms with Crippen molar-refractivity contribution in [1.29, 1.82) is 0 Å². The Kier molecular flexibility index (Phi) is 6.36. The van der Waals surface area contributed by atoms with Crippen LogP contribution in [0.4, 0.5) is 33.9 Å². The molecule has 202 valence electrons. The molecule has 4 aromatic rings. The fraction of sp³-hybridized carbons (Fsp3) is 0.321. The van der Waals surface area contributed by atoms with Crippen molar-refractivity contribution in [1.82, 2.24) is 15.0 Å². The number of amides is 2. The molecular weight excluding hydrogens is 514 g/mol. The zero-order chi connectivity index (χ0) is 27.1. The summed E-state index contributed by atoms with van der Waals surface area (Å²) >= 11 is 0. The molecule has 2 aliphatic rings. The summed E-state index contributed by atoms with van der Waals surface area (Å²) in [4.78, 5) is 20.8. The third-order valence-corrected chi connectivity index (χ3v) is 7.43. The van der Waals surface area contributed by atoms with Gasteiger partial charge in [-0.1, -0.05) is 23.4 Å². The number of halogens is 4. The molecule has 11 heteroatoms. The number of rotatable bonds is 4. The topological polar surface area (TPSA) is 74.5 Å². The van der Waals surface area contributed by atoms with Gasteiger partial charge in [-0.05, 0) is 37.1 Å². The van der Waals surface area contributed by atoms with E-state index in [1.54, 1.807) is 35.2 Å². The van der Waals surface area contributed by atoms with Gasteiger partial charge in [-0.2, -0.15) is 0 Å². The fourth-order valence-corrected chi connectivity index (χ4v) is 5.40. The number of fused-ring (bicyclic) bond motifs is 1. The normalized spacial score (nSPS) is 17.6. The number of hydrogen-bond donors (Lipinski definition) is 1. The lowest BCUT2D eigenvalue weighted by atomic mass is 9.92. The summed E-state index contributed by atoms with van der Waals surface area (Å²) in [5.41, 5.74) is 1.89. The van der Waals surface area contributed by atoms with Crippen LogP contribution in [0.5, 0.6) is 0 Å². The number of hydrogen-bond acceptors (Lipinski definition) is 5. The Balaban J connectivity index is 1.24. The van der Waals surface area contributed by atoms with Gasteiger partial charge in [0.05, 0.1) is 17.9 Å². The number of urea groups is 1. The predicted octanol–water partition coefficient (Wildman–Crippen LogP) is 6.42. The highest BCUT2D eigenvalue weighted by atomic mass is 19.3. The van der Waals surface area contributed by atoms with Crippen LogP contribution in [0, 0.1) is 11.6 Å². The van der Waals surface area contributed by atoms with Crippen LogP contribution < -0.4 is 10.2 Å². The molecule has 0 bridgehead atoms. The fourth-order valence-electron chi connectivity index (χ4n) is 5.40. The number of pyridine rings is 1. The number of piperidine rings is 1. The average Bonchev–Trinajstić information content (AvgIpc) is 3.51. The van der Waals surface area contributed by atoms with Gasteiger partial charge in [-0.15, -0.1) is 0 Å². The van der Waals surface area contributed by atoms with Gasteiger partial charge < -0.3 is 19.6 Å². The highest BCUT2D eigenvalue weighted by Crippen LogP contribution is 2.40. The first kappa shape index (κ1) is 25.1. The van der Waals surface area contributed by atoms with E-state index in [4.69, 9.17) is 4.52 Å². The summed E-state index contributed by atoms with van der Waals surface area (Å²) in [6.45, 7) is 0.325. The lowest BCUT2D eigenvalue weighted by Crippen LogP contribution is -2.41. The van der Waals surface area contributed by atoms with Crippen LogP contribution in [0.25, 0.3) is 22.1 Å². The molecule has 2 aromatic heterocycles. The van der Waals surface area contributed by atoms with Gasteiger partial charge in [-0.3, -0.25) is 0 Å². The van der Waals surface area contributed by atoms with Crippen LogP contribution in [-0.2, 0) is 0 Å². The standard InChI is InChI=1S/C28H25F4N5O2/c29-18-5-6-21-23(15-18)39-35-24(21)17-8-12-36(13-9-17)27(38)34-25-20(19-3-1-2-4-22(19)30)7-11-33-26(25)37-14-10-28(31,32)16-37/h1-7,11,15,17H,8-10,12-14,16H2,(H,34,38). The van der Waals surface area contributed by atoms with Crippen molar-refractivity contribution in [2.24, 2.45) is 0 Å². The molecule has 1 N–H and O–H groups in total. The van der Waals surface area contributed by atoms with Crippen molar-refractivity contribution in [2.45, 2.75) is 31.1 Å². The molecule has 7 nitrogen and oxygen atoms in total. The maximum absolute atomic E-state index is 14.8. The lowest BCUT2D eigenvalue weighted by Gasteiger charge is -2.32. The summed E-state index contributed by atoms with van der Waals surface area (Å²) < 4.78 is 61.7. The third kappa shape index (κ3) is 4.88. The van der Waals surface area contributed by atoms with Gasteiger partial charge in [0.15, 0.2) is 11.4 Å². The average molecular weight is 540 g/mol. The van der Waals surface area contributed by atoms with Crippen molar-refractivity contribution in [3.8, 4) is 11.1 Å². The summed E-state index contributed by atoms with van der Waals surface area (Å²) in [7, 11) is 0. The number of nitrogens with one attached hydrogen (secondary N) is 1. The number of likely N-dealkylation sites (tertiary alicyclic amines) is 1. The number of nitrogens with zero attached hydrogens (tertiary/aromatic N) is 4. The molecule has 2 saturated heterocycles. The van der Waals surface area contributed by atoms with E-state index in [-0.39, 0.29) is 36.0 Å². The molecule has 4 heterocycles. The molecule has 0 saturated carbocycles. The van der Waals surface area contributed by atoms with E-state index in [1.165, 1.54) is 29.3 Å². The van der Waals surface area contributed by atoms with Crippen molar-refractivity contribution in [2.75, 3.05) is 36.4 Å². The number of aromatic nitrogens is 2. The highest BCUT2D eigenvalue weighted by molar-refractivity contribution is 5.99. The Morgan fingerprint density at radius 3 is 2.56 bits per heavy atom. The Morgan fingerprint density at radius 1 is 1.03 bits per heavy atom. The molecule has 2 aromatic carbocycles. The van der Waals surface area contributed by atoms with E-state index in [9.17, 15) is 22.4 Å². The Morgan fingerprint density at radius 2 is 1.82 bits per heavy atom. The molecule has 0 spiro atoms. The minimum absolute atomic E-state index is 0.0236. The summed E-state index contributed by atoms with van der Waals surface area (Å²) in [5, 5.41) is 7.75. The van der Waals surface area contributed by atoms with Gasteiger partial charge in [0.2, 0.25) is 0 Å². The predicted molar refractivity (Wildman–Crippen MR) is 138 cm³/mol. The van der Waals surface area contributed by atoms with Gasteiger partial charge in [0.1, 0.15) is 11.6 Å². The molecule has 6 rings (SSSR count). The first-order valence-corrected chi connectivity index (χ1v) is 12.8. The molecule has 2 fully saturated rings. The largest absolute Gasteiger partial charge is 0.356 e. The van der Waals surface area contributed by atoms with E-state index in [1.807, 2.05) is 0 Å². The van der Waals surface area contributed by atoms with Crippen LogP contribution in [-0.4, -0.2) is 53.2 Å². The Hall–Kier alpha value is -4.15. The molecular formula is C28H25F4N5O2. The molecule has 0 unspecified atom stereocenters. The minimum Gasteiger partial charge on any atom is -0.356 e. The monoisotopic (exact) mass is 539 g/mol. The number of benzene rings is 2. The molecule has 2 amide bonds. The molecule has 0 radical (unpaired) electrons. The molecule has 0 atom stereocenters. The maximum atomic E-state index is 14.8. The second kappa shape index (κ2) is 9.87. The van der Waals surface area contributed by atoms with Crippen LogP contribution in [0.15, 0.2) is 59.3 Å². The summed E-state index contributed by atoms with van der Waals surface area (Å²) in [6.07, 6.45) is 2.31. The van der Waals surface area contributed by atoms with E-state index in [0.717, 1.165) is 11.1 Å². The first-order chi connectivity index (χ1) is 18.8. The molecule has 0 aliphatic carbocycles. The first-order valence-electron chi connectivity index (χ1n) is 12.8. The van der Waals surface area contributed by atoms with Crippen LogP contribution in [0.3, 0.4) is 0 Å². The zero-order valence-corrected chi connectivity index (χ0v) is 20.8. The van der Waals surface area contributed by atoms with Gasteiger partial charge in [0.25, 0.3) is 5.92 Å². The quantitative estimate of drug-likeness (QED) is 0.303. The second-order valence-corrected chi connectivity index (χ2v) is 9.96. The van der Waals surface area contributed by atoms with E-state index in [0.29, 0.717) is 37.1 Å². The number of anilines is 2. The SMILES string of the molecule is O=C(Nc1c(-c2ccccc2F)ccnc1N1CCC(F)(F)C1)N1CCC(c2noc3cc(F)ccc23)CC1. The Bertz CT molecular complexity index is 1530. The van der Waals surface area contributed by atoms with E-state index >= 15 is 0 Å². The number of alkyl halides is 2.